The van der Waals surface area contributed by atoms with Crippen molar-refractivity contribution < 1.29 is 0 Å². The summed E-state index contributed by atoms with van der Waals surface area (Å²) in [5.74, 6) is 0.902. The topological polar surface area (TPSA) is 36.7 Å². The van der Waals surface area contributed by atoms with Crippen molar-refractivity contribution in [3.63, 3.8) is 0 Å². The van der Waals surface area contributed by atoms with Gasteiger partial charge < -0.3 is 0 Å². The summed E-state index contributed by atoms with van der Waals surface area (Å²) >= 11 is 5.96. The smallest absolute Gasteiger partial charge is 0.147 e. The normalized spacial score (nSPS) is 10.9. The molecular formula is C13H17ClN2. The van der Waals surface area contributed by atoms with Crippen molar-refractivity contribution in [1.29, 1.82) is 5.26 Å². The summed E-state index contributed by atoms with van der Waals surface area (Å²) in [6, 6.07) is 3.95. The molecule has 2 nitrogen and oxygen atoms in total. The minimum atomic E-state index is 0.322. The molecule has 0 fully saturated rings. The van der Waals surface area contributed by atoms with Crippen LogP contribution in [0.2, 0.25) is 5.15 Å². The largest absolute Gasteiger partial charge is 0.239 e. The molecule has 0 radical (unpaired) electrons. The zero-order valence-corrected chi connectivity index (χ0v) is 11.0. The third kappa shape index (κ3) is 2.96. The lowest BCUT2D eigenvalue weighted by Crippen LogP contribution is -2.05. The SMILES string of the molecule is CC(C)Cc1nc(Cl)c(C#N)cc1C(C)C. The number of pyridine rings is 1. The molecule has 1 rings (SSSR count). The Balaban J connectivity index is 3.26. The summed E-state index contributed by atoms with van der Waals surface area (Å²) in [5.41, 5.74) is 2.63. The Hall–Kier alpha value is -1.07. The van der Waals surface area contributed by atoms with Gasteiger partial charge in [-0.25, -0.2) is 4.98 Å². The first-order valence-electron chi connectivity index (χ1n) is 5.55. The highest BCUT2D eigenvalue weighted by Gasteiger charge is 2.13. The lowest BCUT2D eigenvalue weighted by atomic mass is 9.95. The first-order chi connectivity index (χ1) is 7.45. The van der Waals surface area contributed by atoms with Crippen LogP contribution in [0, 0.1) is 17.2 Å². The number of aromatic nitrogens is 1. The molecule has 0 N–H and O–H groups in total. The molecule has 0 aliphatic carbocycles. The standard InChI is InChI=1S/C13H17ClN2/c1-8(2)5-12-11(9(3)4)6-10(7-15)13(14)16-12/h6,8-9H,5H2,1-4H3. The van der Waals surface area contributed by atoms with Gasteiger partial charge in [-0.05, 0) is 29.9 Å². The van der Waals surface area contributed by atoms with E-state index < -0.39 is 0 Å². The van der Waals surface area contributed by atoms with Gasteiger partial charge in [-0.3, -0.25) is 0 Å². The van der Waals surface area contributed by atoms with Gasteiger partial charge in [0.2, 0.25) is 0 Å². The minimum absolute atomic E-state index is 0.322. The minimum Gasteiger partial charge on any atom is -0.239 e. The second-order valence-corrected chi connectivity index (χ2v) is 5.09. The molecule has 1 aromatic heterocycles. The number of halogens is 1. The fourth-order valence-electron chi connectivity index (χ4n) is 1.67. The lowest BCUT2D eigenvalue weighted by Gasteiger charge is -2.14. The number of nitriles is 1. The molecule has 3 heteroatoms. The molecule has 0 aromatic carbocycles. The molecule has 0 unspecified atom stereocenters. The summed E-state index contributed by atoms with van der Waals surface area (Å²) in [6.45, 7) is 8.52. The number of hydrogen-bond acceptors (Lipinski definition) is 2. The number of nitrogens with zero attached hydrogens (tertiary/aromatic N) is 2. The Morgan fingerprint density at radius 2 is 2.00 bits per heavy atom. The van der Waals surface area contributed by atoms with E-state index >= 15 is 0 Å². The van der Waals surface area contributed by atoms with Crippen LogP contribution in [0.1, 0.15) is 50.4 Å². The Labute approximate surface area is 102 Å². The fourth-order valence-corrected chi connectivity index (χ4v) is 1.87. The molecule has 0 bridgehead atoms. The predicted molar refractivity (Wildman–Crippen MR) is 66.6 cm³/mol. The first-order valence-corrected chi connectivity index (χ1v) is 5.92. The highest BCUT2D eigenvalue weighted by atomic mass is 35.5. The summed E-state index contributed by atoms with van der Waals surface area (Å²) < 4.78 is 0. The quantitative estimate of drug-likeness (QED) is 0.746. The van der Waals surface area contributed by atoms with Gasteiger partial charge in [-0.1, -0.05) is 39.3 Å². The van der Waals surface area contributed by atoms with E-state index in [-0.39, 0.29) is 0 Å². The second kappa shape index (κ2) is 5.32. The van der Waals surface area contributed by atoms with Crippen molar-refractivity contribution in [2.75, 3.05) is 0 Å². The third-order valence-corrected chi connectivity index (χ3v) is 2.72. The summed E-state index contributed by atoms with van der Waals surface area (Å²) in [4.78, 5) is 4.35. The zero-order chi connectivity index (χ0) is 12.3. The van der Waals surface area contributed by atoms with E-state index in [9.17, 15) is 0 Å². The van der Waals surface area contributed by atoms with E-state index in [0.29, 0.717) is 22.6 Å². The molecule has 1 heterocycles. The van der Waals surface area contributed by atoms with Crippen molar-refractivity contribution in [2.24, 2.45) is 5.92 Å². The molecule has 16 heavy (non-hydrogen) atoms. The maximum absolute atomic E-state index is 8.92. The molecule has 0 spiro atoms. The van der Waals surface area contributed by atoms with Crippen molar-refractivity contribution >= 4 is 11.6 Å². The van der Waals surface area contributed by atoms with Crippen LogP contribution in [-0.2, 0) is 6.42 Å². The summed E-state index contributed by atoms with van der Waals surface area (Å²) in [5, 5.41) is 9.24. The molecule has 0 aliphatic heterocycles. The van der Waals surface area contributed by atoms with Gasteiger partial charge >= 0.3 is 0 Å². The van der Waals surface area contributed by atoms with Crippen LogP contribution in [0.15, 0.2) is 6.07 Å². The molecule has 0 atom stereocenters. The molecule has 86 valence electrons. The number of rotatable bonds is 3. The molecule has 1 aromatic rings. The Bertz CT molecular complexity index is 417. The third-order valence-electron chi connectivity index (χ3n) is 2.43. The number of hydrogen-bond donors (Lipinski definition) is 0. The highest BCUT2D eigenvalue weighted by molar-refractivity contribution is 6.30. The predicted octanol–water partition coefficient (Wildman–Crippen LogP) is 3.93. The van der Waals surface area contributed by atoms with Gasteiger partial charge in [0, 0.05) is 5.69 Å². The van der Waals surface area contributed by atoms with Crippen molar-refractivity contribution in [3.8, 4) is 6.07 Å². The van der Waals surface area contributed by atoms with Crippen LogP contribution in [0.5, 0.6) is 0 Å². The Kier molecular flexibility index (Phi) is 4.32. The van der Waals surface area contributed by atoms with E-state index in [4.69, 9.17) is 16.9 Å². The molecule has 0 amide bonds. The average Bonchev–Trinajstić information content (AvgIpc) is 2.16. The van der Waals surface area contributed by atoms with Crippen LogP contribution in [-0.4, -0.2) is 4.98 Å². The van der Waals surface area contributed by atoms with Gasteiger partial charge in [0.1, 0.15) is 11.2 Å². The van der Waals surface area contributed by atoms with Crippen molar-refractivity contribution in [1.82, 2.24) is 4.98 Å². The highest BCUT2D eigenvalue weighted by Crippen LogP contribution is 2.25. The van der Waals surface area contributed by atoms with Crippen molar-refractivity contribution in [3.05, 3.63) is 28.0 Å². The van der Waals surface area contributed by atoms with Gasteiger partial charge in [-0.2, -0.15) is 5.26 Å². The lowest BCUT2D eigenvalue weighted by molar-refractivity contribution is 0.625. The summed E-state index contributed by atoms with van der Waals surface area (Å²) in [7, 11) is 0. The Morgan fingerprint density at radius 3 is 2.44 bits per heavy atom. The van der Waals surface area contributed by atoms with Gasteiger partial charge in [0.05, 0.1) is 5.56 Å². The van der Waals surface area contributed by atoms with E-state index in [1.165, 1.54) is 0 Å². The zero-order valence-electron chi connectivity index (χ0n) is 10.2. The van der Waals surface area contributed by atoms with Crippen LogP contribution < -0.4 is 0 Å². The van der Waals surface area contributed by atoms with Crippen LogP contribution in [0.25, 0.3) is 0 Å². The summed E-state index contributed by atoms with van der Waals surface area (Å²) in [6.07, 6.45) is 0.902. The maximum atomic E-state index is 8.92. The second-order valence-electron chi connectivity index (χ2n) is 4.73. The van der Waals surface area contributed by atoms with E-state index in [2.05, 4.69) is 38.7 Å². The fraction of sp³-hybridized carbons (Fsp3) is 0.538. The van der Waals surface area contributed by atoms with Gasteiger partial charge in [-0.15, -0.1) is 0 Å². The molecular weight excluding hydrogens is 220 g/mol. The van der Waals surface area contributed by atoms with Crippen LogP contribution in [0.3, 0.4) is 0 Å². The average molecular weight is 237 g/mol. The monoisotopic (exact) mass is 236 g/mol. The molecule has 0 saturated heterocycles. The molecule has 0 aliphatic rings. The van der Waals surface area contributed by atoms with Crippen LogP contribution in [0.4, 0.5) is 0 Å². The van der Waals surface area contributed by atoms with Gasteiger partial charge in [0.25, 0.3) is 0 Å². The first kappa shape index (κ1) is 13.0. The molecule has 0 saturated carbocycles. The van der Waals surface area contributed by atoms with Crippen molar-refractivity contribution in [2.45, 2.75) is 40.0 Å². The van der Waals surface area contributed by atoms with Crippen LogP contribution >= 0.6 is 11.6 Å². The van der Waals surface area contributed by atoms with E-state index in [1.54, 1.807) is 0 Å². The van der Waals surface area contributed by atoms with E-state index in [1.807, 2.05) is 6.07 Å². The Morgan fingerprint density at radius 1 is 1.38 bits per heavy atom. The van der Waals surface area contributed by atoms with Gasteiger partial charge in [0.15, 0.2) is 0 Å². The maximum Gasteiger partial charge on any atom is 0.147 e. The van der Waals surface area contributed by atoms with E-state index in [0.717, 1.165) is 17.7 Å².